The topological polar surface area (TPSA) is 55.5 Å². The van der Waals surface area contributed by atoms with Crippen molar-refractivity contribution in [3.8, 4) is 5.75 Å². The van der Waals surface area contributed by atoms with Gasteiger partial charge >= 0.3 is 0 Å². The van der Waals surface area contributed by atoms with Crippen LogP contribution in [0.25, 0.3) is 21.9 Å². The number of hydrogen-bond donors (Lipinski definition) is 1. The summed E-state index contributed by atoms with van der Waals surface area (Å²) in [5, 5.41) is 12.0. The lowest BCUT2D eigenvalue weighted by atomic mass is 10.1. The number of hydrogen-bond acceptors (Lipinski definition) is 4. The first kappa shape index (κ1) is 15.7. The first-order chi connectivity index (χ1) is 12.2. The first-order valence-electron chi connectivity index (χ1n) is 8.36. The van der Waals surface area contributed by atoms with E-state index in [0.29, 0.717) is 12.2 Å². The summed E-state index contributed by atoms with van der Waals surface area (Å²) in [4.78, 5) is 4.15. The molecule has 0 aliphatic carbocycles. The van der Waals surface area contributed by atoms with Gasteiger partial charge in [-0.05, 0) is 31.2 Å². The maximum Gasteiger partial charge on any atom is 0.139 e. The Balaban J connectivity index is 1.68. The Labute approximate surface area is 145 Å². The van der Waals surface area contributed by atoms with E-state index in [1.807, 2.05) is 54.6 Å². The molecule has 25 heavy (non-hydrogen) atoms. The number of fused-ring (bicyclic) bond motifs is 3. The summed E-state index contributed by atoms with van der Waals surface area (Å²) in [5.74, 6) is 0.709. The van der Waals surface area contributed by atoms with E-state index in [1.165, 1.54) is 0 Å². The van der Waals surface area contributed by atoms with Crippen LogP contribution in [-0.4, -0.2) is 16.2 Å². The maximum absolute atomic E-state index is 9.81. The third-order valence-electron chi connectivity index (χ3n) is 4.24. The van der Waals surface area contributed by atoms with Crippen molar-refractivity contribution in [1.29, 1.82) is 0 Å². The Morgan fingerprint density at radius 2 is 1.88 bits per heavy atom. The van der Waals surface area contributed by atoms with Gasteiger partial charge in [0.25, 0.3) is 0 Å². The van der Waals surface area contributed by atoms with Gasteiger partial charge < -0.3 is 14.3 Å². The third kappa shape index (κ3) is 3.21. The molecule has 4 heteroatoms. The van der Waals surface area contributed by atoms with E-state index in [2.05, 4.69) is 4.98 Å². The normalized spacial score (nSPS) is 13.8. The minimum Gasteiger partial charge on any atom is -0.485 e. The minimum atomic E-state index is -0.472. The Morgan fingerprint density at radius 3 is 2.68 bits per heavy atom. The molecule has 0 aliphatic rings. The highest BCUT2D eigenvalue weighted by atomic mass is 16.5. The second-order valence-electron chi connectivity index (χ2n) is 6.23. The fraction of sp³-hybridized carbons (Fsp3) is 0.190. The number of ether oxygens (including phenoxy) is 1. The van der Waals surface area contributed by atoms with E-state index >= 15 is 0 Å². The van der Waals surface area contributed by atoms with Gasteiger partial charge in [0.2, 0.25) is 0 Å². The zero-order valence-corrected chi connectivity index (χ0v) is 13.9. The molecule has 2 atom stereocenters. The molecule has 2 heterocycles. The smallest absolute Gasteiger partial charge is 0.139 e. The maximum atomic E-state index is 9.81. The van der Waals surface area contributed by atoms with E-state index in [4.69, 9.17) is 9.15 Å². The number of aromatic nitrogens is 1. The zero-order chi connectivity index (χ0) is 17.2. The molecule has 4 rings (SSSR count). The van der Waals surface area contributed by atoms with Crippen LogP contribution in [0.3, 0.4) is 0 Å². The molecule has 2 aromatic carbocycles. The van der Waals surface area contributed by atoms with Gasteiger partial charge in [-0.3, -0.25) is 4.98 Å². The van der Waals surface area contributed by atoms with Crippen molar-refractivity contribution in [3.05, 3.63) is 72.6 Å². The molecule has 2 unspecified atom stereocenters. The second-order valence-corrected chi connectivity index (χ2v) is 6.23. The van der Waals surface area contributed by atoms with Crippen molar-refractivity contribution >= 4 is 21.9 Å². The van der Waals surface area contributed by atoms with Crippen LogP contribution < -0.4 is 4.74 Å². The van der Waals surface area contributed by atoms with Crippen molar-refractivity contribution in [2.24, 2.45) is 0 Å². The number of benzene rings is 2. The van der Waals surface area contributed by atoms with Crippen molar-refractivity contribution in [3.63, 3.8) is 0 Å². The molecule has 0 radical (unpaired) electrons. The lowest BCUT2D eigenvalue weighted by Crippen LogP contribution is -2.14. The molecule has 0 bridgehead atoms. The first-order valence-corrected chi connectivity index (χ1v) is 8.36. The second kappa shape index (κ2) is 6.57. The Morgan fingerprint density at radius 1 is 1.04 bits per heavy atom. The highest BCUT2D eigenvalue weighted by Crippen LogP contribution is 2.33. The molecule has 4 nitrogen and oxygen atoms in total. The number of nitrogens with zero attached hydrogens (tertiary/aromatic N) is 1. The van der Waals surface area contributed by atoms with Crippen molar-refractivity contribution in [1.82, 2.24) is 4.98 Å². The molecule has 1 N–H and O–H groups in total. The van der Waals surface area contributed by atoms with E-state index in [9.17, 15) is 5.11 Å². The Bertz CT molecular complexity index is 992. The number of para-hydroxylation sites is 1. The largest absolute Gasteiger partial charge is 0.485 e. The van der Waals surface area contributed by atoms with Gasteiger partial charge in [0.15, 0.2) is 0 Å². The molecule has 0 aliphatic heterocycles. The van der Waals surface area contributed by atoms with Crippen LogP contribution in [0.1, 0.15) is 25.0 Å². The average Bonchev–Trinajstić information content (AvgIpc) is 2.99. The van der Waals surface area contributed by atoms with Gasteiger partial charge in [0, 0.05) is 41.2 Å². The standard InChI is InChI=1S/C21H19NO3/c1-14(23)11-20(15-5-4-10-22-13-15)24-16-8-9-18-17-6-2-3-7-19(17)25-21(18)12-16/h2-10,12-14,20,23H,11H2,1H3. The molecule has 0 spiro atoms. The number of furan rings is 1. The van der Waals surface area contributed by atoms with Crippen LogP contribution in [0.4, 0.5) is 0 Å². The average molecular weight is 333 g/mol. The summed E-state index contributed by atoms with van der Waals surface area (Å²) >= 11 is 0. The number of pyridine rings is 1. The predicted octanol–water partition coefficient (Wildman–Crippen LogP) is 4.87. The van der Waals surface area contributed by atoms with E-state index < -0.39 is 6.10 Å². The van der Waals surface area contributed by atoms with Crippen LogP contribution in [0.5, 0.6) is 5.75 Å². The van der Waals surface area contributed by atoms with Gasteiger partial charge in [-0.15, -0.1) is 0 Å². The zero-order valence-electron chi connectivity index (χ0n) is 13.9. The molecule has 0 saturated heterocycles. The number of aliphatic hydroxyl groups is 1. The molecule has 4 aromatic rings. The predicted molar refractivity (Wildman–Crippen MR) is 97.6 cm³/mol. The summed E-state index contributed by atoms with van der Waals surface area (Å²) in [7, 11) is 0. The summed E-state index contributed by atoms with van der Waals surface area (Å²) in [6, 6.07) is 17.7. The van der Waals surface area contributed by atoms with Crippen molar-refractivity contribution in [2.45, 2.75) is 25.6 Å². The van der Waals surface area contributed by atoms with Crippen LogP contribution in [0.2, 0.25) is 0 Å². The fourth-order valence-corrected chi connectivity index (χ4v) is 3.07. The van der Waals surface area contributed by atoms with Crippen molar-refractivity contribution < 1.29 is 14.3 Å². The Hall–Kier alpha value is -2.85. The molecule has 0 amide bonds. The van der Waals surface area contributed by atoms with Gasteiger partial charge in [-0.2, -0.15) is 0 Å². The SMILES string of the molecule is CC(O)CC(Oc1ccc2c(c1)oc1ccccc12)c1cccnc1. The van der Waals surface area contributed by atoms with E-state index in [0.717, 1.165) is 27.5 Å². The molecule has 0 saturated carbocycles. The number of rotatable bonds is 5. The highest BCUT2D eigenvalue weighted by Gasteiger charge is 2.17. The molecule has 126 valence electrons. The minimum absolute atomic E-state index is 0.268. The van der Waals surface area contributed by atoms with Crippen LogP contribution in [0.15, 0.2) is 71.4 Å². The van der Waals surface area contributed by atoms with Gasteiger partial charge in [-0.25, -0.2) is 0 Å². The van der Waals surface area contributed by atoms with Gasteiger partial charge in [-0.1, -0.05) is 24.3 Å². The monoisotopic (exact) mass is 333 g/mol. The summed E-state index contributed by atoms with van der Waals surface area (Å²) in [5.41, 5.74) is 2.59. The van der Waals surface area contributed by atoms with Gasteiger partial charge in [0.1, 0.15) is 23.0 Å². The summed E-state index contributed by atoms with van der Waals surface area (Å²) in [6.07, 6.45) is 3.25. The van der Waals surface area contributed by atoms with Crippen LogP contribution >= 0.6 is 0 Å². The van der Waals surface area contributed by atoms with Crippen molar-refractivity contribution in [2.75, 3.05) is 0 Å². The highest BCUT2D eigenvalue weighted by molar-refractivity contribution is 6.05. The summed E-state index contributed by atoms with van der Waals surface area (Å²) < 4.78 is 12.1. The van der Waals surface area contributed by atoms with Crippen LogP contribution in [0, 0.1) is 0 Å². The molecular weight excluding hydrogens is 314 g/mol. The lowest BCUT2D eigenvalue weighted by Gasteiger charge is -2.20. The fourth-order valence-electron chi connectivity index (χ4n) is 3.07. The number of aliphatic hydroxyl groups excluding tert-OH is 1. The Kier molecular flexibility index (Phi) is 4.12. The third-order valence-corrected chi connectivity index (χ3v) is 4.24. The van der Waals surface area contributed by atoms with E-state index in [-0.39, 0.29) is 6.10 Å². The summed E-state index contributed by atoms with van der Waals surface area (Å²) in [6.45, 7) is 1.76. The molecule has 0 fully saturated rings. The molecule has 2 aromatic heterocycles. The van der Waals surface area contributed by atoms with Gasteiger partial charge in [0.05, 0.1) is 6.10 Å². The van der Waals surface area contributed by atoms with E-state index in [1.54, 1.807) is 19.3 Å². The van der Waals surface area contributed by atoms with Crippen LogP contribution in [-0.2, 0) is 0 Å². The quantitative estimate of drug-likeness (QED) is 0.566. The molecular formula is C21H19NO3. The lowest BCUT2D eigenvalue weighted by molar-refractivity contribution is 0.106.